The molecule has 18 heavy (non-hydrogen) atoms. The van der Waals surface area contributed by atoms with Crippen LogP contribution in [0.5, 0.6) is 11.5 Å². The van der Waals surface area contributed by atoms with Gasteiger partial charge < -0.3 is 20.1 Å². The third-order valence-electron chi connectivity index (χ3n) is 3.66. The van der Waals surface area contributed by atoms with E-state index in [4.69, 9.17) is 9.47 Å². The van der Waals surface area contributed by atoms with Gasteiger partial charge in [0.1, 0.15) is 0 Å². The van der Waals surface area contributed by atoms with Crippen LogP contribution < -0.4 is 20.1 Å². The smallest absolute Gasteiger partial charge is 0.231 e. The number of fused-ring (bicyclic) bond motifs is 1. The molecular formula is C14H20N2O2. The Bertz CT molecular complexity index is 403. The summed E-state index contributed by atoms with van der Waals surface area (Å²) in [4.78, 5) is 0. The minimum atomic E-state index is 0.348. The predicted molar refractivity (Wildman–Crippen MR) is 69.9 cm³/mol. The number of rotatable bonds is 5. The monoisotopic (exact) mass is 248 g/mol. The van der Waals surface area contributed by atoms with Gasteiger partial charge in [0.2, 0.25) is 6.79 Å². The lowest BCUT2D eigenvalue weighted by atomic mass is 10.1. The van der Waals surface area contributed by atoms with Crippen molar-refractivity contribution in [1.82, 2.24) is 10.6 Å². The van der Waals surface area contributed by atoms with Gasteiger partial charge in [0.25, 0.3) is 0 Å². The Balaban J connectivity index is 1.42. The van der Waals surface area contributed by atoms with E-state index in [1.165, 1.54) is 31.5 Å². The van der Waals surface area contributed by atoms with Crippen molar-refractivity contribution >= 4 is 0 Å². The number of ether oxygens (including phenoxy) is 2. The van der Waals surface area contributed by atoms with Gasteiger partial charge in [0.15, 0.2) is 11.5 Å². The first-order valence-corrected chi connectivity index (χ1v) is 6.72. The summed E-state index contributed by atoms with van der Waals surface area (Å²) in [6, 6.07) is 6.14. The summed E-state index contributed by atoms with van der Waals surface area (Å²) in [6.45, 7) is 4.71. The lowest BCUT2D eigenvalue weighted by Crippen LogP contribution is -2.19. The molecule has 0 aliphatic carbocycles. The van der Waals surface area contributed by atoms with Gasteiger partial charge in [-0.1, -0.05) is 6.07 Å². The number of benzene rings is 1. The highest BCUT2D eigenvalue weighted by Gasteiger charge is 2.14. The topological polar surface area (TPSA) is 42.5 Å². The van der Waals surface area contributed by atoms with Gasteiger partial charge >= 0.3 is 0 Å². The van der Waals surface area contributed by atoms with E-state index in [1.807, 2.05) is 6.07 Å². The van der Waals surface area contributed by atoms with Gasteiger partial charge in [-0.3, -0.25) is 0 Å². The Hall–Kier alpha value is -1.26. The average Bonchev–Trinajstić information content (AvgIpc) is 3.05. The average molecular weight is 248 g/mol. The highest BCUT2D eigenvalue weighted by molar-refractivity contribution is 5.44. The zero-order chi connectivity index (χ0) is 12.2. The molecule has 1 fully saturated rings. The fourth-order valence-corrected chi connectivity index (χ4v) is 2.55. The van der Waals surface area contributed by atoms with E-state index < -0.39 is 0 Å². The first kappa shape index (κ1) is 11.8. The maximum Gasteiger partial charge on any atom is 0.231 e. The molecule has 1 saturated heterocycles. The van der Waals surface area contributed by atoms with E-state index in [2.05, 4.69) is 22.8 Å². The quantitative estimate of drug-likeness (QED) is 0.775. The molecule has 1 atom stereocenters. The molecule has 4 nitrogen and oxygen atoms in total. The number of hydrogen-bond donors (Lipinski definition) is 2. The lowest BCUT2D eigenvalue weighted by Gasteiger charge is -2.09. The van der Waals surface area contributed by atoms with Gasteiger partial charge in [-0.05, 0) is 56.1 Å². The van der Waals surface area contributed by atoms with Gasteiger partial charge in [-0.25, -0.2) is 0 Å². The van der Waals surface area contributed by atoms with Crippen molar-refractivity contribution in [3.8, 4) is 11.5 Å². The normalized spacial score (nSPS) is 21.4. The van der Waals surface area contributed by atoms with Gasteiger partial charge in [0, 0.05) is 6.54 Å². The molecule has 1 unspecified atom stereocenters. The second-order valence-corrected chi connectivity index (χ2v) is 5.01. The Morgan fingerprint density at radius 2 is 2.22 bits per heavy atom. The van der Waals surface area contributed by atoms with Crippen LogP contribution in [0.1, 0.15) is 18.4 Å². The Morgan fingerprint density at radius 3 is 3.11 bits per heavy atom. The minimum absolute atomic E-state index is 0.348. The highest BCUT2D eigenvalue weighted by Crippen LogP contribution is 2.32. The zero-order valence-corrected chi connectivity index (χ0v) is 10.6. The van der Waals surface area contributed by atoms with Crippen LogP contribution in [0, 0.1) is 5.92 Å². The van der Waals surface area contributed by atoms with E-state index in [9.17, 15) is 0 Å². The first-order chi connectivity index (χ1) is 8.92. The van der Waals surface area contributed by atoms with E-state index in [0.29, 0.717) is 6.79 Å². The van der Waals surface area contributed by atoms with Crippen LogP contribution >= 0.6 is 0 Å². The summed E-state index contributed by atoms with van der Waals surface area (Å²) >= 11 is 0. The van der Waals surface area contributed by atoms with Crippen LogP contribution in [-0.4, -0.2) is 26.4 Å². The fourth-order valence-electron chi connectivity index (χ4n) is 2.55. The summed E-state index contributed by atoms with van der Waals surface area (Å²) in [5.41, 5.74) is 1.25. The molecular weight excluding hydrogens is 228 g/mol. The fraction of sp³-hybridized carbons (Fsp3) is 0.571. The standard InChI is InChI=1S/C14H20N2O2/c1-2-13-14(18-10-17-13)7-12(1)9-16-6-4-11-3-5-15-8-11/h1-2,7,11,15-16H,3-6,8-10H2. The van der Waals surface area contributed by atoms with Crippen molar-refractivity contribution in [3.63, 3.8) is 0 Å². The van der Waals surface area contributed by atoms with E-state index in [1.54, 1.807) is 0 Å². The molecule has 98 valence electrons. The molecule has 2 aliphatic heterocycles. The second kappa shape index (κ2) is 5.59. The van der Waals surface area contributed by atoms with Crippen LogP contribution in [0.2, 0.25) is 0 Å². The zero-order valence-electron chi connectivity index (χ0n) is 10.6. The maximum absolute atomic E-state index is 5.37. The summed E-state index contributed by atoms with van der Waals surface area (Å²) in [6.07, 6.45) is 2.59. The van der Waals surface area contributed by atoms with Crippen LogP contribution in [-0.2, 0) is 6.54 Å². The van der Waals surface area contributed by atoms with Crippen molar-refractivity contribution < 1.29 is 9.47 Å². The van der Waals surface area contributed by atoms with Gasteiger partial charge in [0.05, 0.1) is 0 Å². The predicted octanol–water partition coefficient (Wildman–Crippen LogP) is 1.50. The van der Waals surface area contributed by atoms with Gasteiger partial charge in [-0.2, -0.15) is 0 Å². The Morgan fingerprint density at radius 1 is 1.28 bits per heavy atom. The van der Waals surface area contributed by atoms with E-state index in [-0.39, 0.29) is 0 Å². The summed E-state index contributed by atoms with van der Waals surface area (Å²) in [5, 5.41) is 6.90. The highest BCUT2D eigenvalue weighted by atomic mass is 16.7. The van der Waals surface area contributed by atoms with Crippen molar-refractivity contribution in [2.75, 3.05) is 26.4 Å². The molecule has 3 rings (SSSR count). The first-order valence-electron chi connectivity index (χ1n) is 6.72. The molecule has 0 amide bonds. The second-order valence-electron chi connectivity index (χ2n) is 5.01. The summed E-state index contributed by atoms with van der Waals surface area (Å²) in [7, 11) is 0. The molecule has 0 spiro atoms. The van der Waals surface area contributed by atoms with Crippen LogP contribution in [0.3, 0.4) is 0 Å². The maximum atomic E-state index is 5.37. The van der Waals surface area contributed by atoms with Crippen molar-refractivity contribution in [2.45, 2.75) is 19.4 Å². The van der Waals surface area contributed by atoms with Crippen LogP contribution in [0.25, 0.3) is 0 Å². The molecule has 1 aromatic rings. The molecule has 0 bridgehead atoms. The Kier molecular flexibility index (Phi) is 3.67. The summed E-state index contributed by atoms with van der Waals surface area (Å²) in [5.74, 6) is 2.58. The summed E-state index contributed by atoms with van der Waals surface area (Å²) < 4.78 is 10.7. The lowest BCUT2D eigenvalue weighted by molar-refractivity contribution is 0.174. The molecule has 2 aliphatic rings. The van der Waals surface area contributed by atoms with E-state index >= 15 is 0 Å². The molecule has 0 saturated carbocycles. The SMILES string of the molecule is c1cc2c(cc1CNCCC1CCNC1)OCO2. The van der Waals surface area contributed by atoms with E-state index in [0.717, 1.165) is 30.5 Å². The van der Waals surface area contributed by atoms with Crippen molar-refractivity contribution in [1.29, 1.82) is 0 Å². The van der Waals surface area contributed by atoms with Crippen LogP contribution in [0.15, 0.2) is 18.2 Å². The number of nitrogens with one attached hydrogen (secondary N) is 2. The number of hydrogen-bond acceptors (Lipinski definition) is 4. The Labute approximate surface area is 108 Å². The molecule has 2 heterocycles. The van der Waals surface area contributed by atoms with Crippen molar-refractivity contribution in [2.24, 2.45) is 5.92 Å². The molecule has 0 radical (unpaired) electrons. The molecule has 4 heteroatoms. The van der Waals surface area contributed by atoms with Crippen LogP contribution in [0.4, 0.5) is 0 Å². The third kappa shape index (κ3) is 2.76. The largest absolute Gasteiger partial charge is 0.454 e. The van der Waals surface area contributed by atoms with Crippen molar-refractivity contribution in [3.05, 3.63) is 23.8 Å². The third-order valence-corrected chi connectivity index (χ3v) is 3.66. The van der Waals surface area contributed by atoms with Gasteiger partial charge in [-0.15, -0.1) is 0 Å². The molecule has 0 aromatic heterocycles. The molecule has 2 N–H and O–H groups in total. The molecule has 1 aromatic carbocycles. The minimum Gasteiger partial charge on any atom is -0.454 e.